The van der Waals surface area contributed by atoms with E-state index in [1.807, 2.05) is 0 Å². The number of halogens is 2. The summed E-state index contributed by atoms with van der Waals surface area (Å²) in [6.07, 6.45) is -0.194. The van der Waals surface area contributed by atoms with Crippen molar-refractivity contribution in [2.24, 2.45) is 11.8 Å². The van der Waals surface area contributed by atoms with Crippen molar-refractivity contribution in [1.82, 2.24) is 10.4 Å². The Morgan fingerprint density at radius 3 is 2.53 bits per heavy atom. The molecule has 1 heterocycles. The highest BCUT2D eigenvalue weighted by molar-refractivity contribution is 4.86. The third kappa shape index (κ3) is 3.38. The van der Waals surface area contributed by atoms with Crippen LogP contribution in [0.5, 0.6) is 0 Å². The summed E-state index contributed by atoms with van der Waals surface area (Å²) < 4.78 is 24.7. The van der Waals surface area contributed by atoms with Crippen molar-refractivity contribution in [2.75, 3.05) is 13.1 Å². The Hall–Kier alpha value is -0.220. The van der Waals surface area contributed by atoms with Gasteiger partial charge in [-0.25, -0.2) is 13.8 Å². The molecule has 2 atom stereocenters. The molecule has 0 amide bonds. The summed E-state index contributed by atoms with van der Waals surface area (Å²) >= 11 is 0. The van der Waals surface area contributed by atoms with E-state index < -0.39 is 6.43 Å². The molecule has 1 aliphatic heterocycles. The first-order chi connectivity index (χ1) is 7.06. The van der Waals surface area contributed by atoms with Crippen LogP contribution in [-0.4, -0.2) is 30.6 Å². The molecule has 0 spiro atoms. The predicted molar refractivity (Wildman–Crippen MR) is 57.7 cm³/mol. The Morgan fingerprint density at radius 2 is 2.07 bits per heavy atom. The van der Waals surface area contributed by atoms with Gasteiger partial charge in [-0.1, -0.05) is 27.2 Å². The summed E-state index contributed by atoms with van der Waals surface area (Å²) in [6.45, 7) is 7.14. The number of nitrogens with one attached hydrogen (secondary N) is 1. The van der Waals surface area contributed by atoms with Gasteiger partial charge in [0.05, 0.1) is 6.54 Å². The average Bonchev–Trinajstić information content (AvgIpc) is 2.48. The van der Waals surface area contributed by atoms with Gasteiger partial charge in [0.15, 0.2) is 0 Å². The molecule has 0 aromatic carbocycles. The third-order valence-corrected chi connectivity index (χ3v) is 3.20. The summed E-state index contributed by atoms with van der Waals surface area (Å²) in [5.74, 6) is 1.06. The first-order valence-electron chi connectivity index (χ1n) is 5.84. The highest BCUT2D eigenvalue weighted by Gasteiger charge is 2.35. The number of hydrogen-bond acceptors (Lipinski definition) is 2. The van der Waals surface area contributed by atoms with Gasteiger partial charge in [0.25, 0.3) is 6.43 Å². The molecule has 1 saturated heterocycles. The Labute approximate surface area is 91.0 Å². The molecule has 0 aliphatic carbocycles. The van der Waals surface area contributed by atoms with Gasteiger partial charge in [-0.2, -0.15) is 0 Å². The first-order valence-corrected chi connectivity index (χ1v) is 5.84. The fourth-order valence-electron chi connectivity index (χ4n) is 2.40. The Bertz CT molecular complexity index is 185. The highest BCUT2D eigenvalue weighted by atomic mass is 19.3. The van der Waals surface area contributed by atoms with Crippen LogP contribution in [0, 0.1) is 11.8 Å². The molecular formula is C11H22F2N2. The van der Waals surface area contributed by atoms with E-state index in [0.717, 1.165) is 19.4 Å². The van der Waals surface area contributed by atoms with E-state index in [1.54, 1.807) is 5.01 Å². The minimum atomic E-state index is -2.25. The maximum absolute atomic E-state index is 12.3. The third-order valence-electron chi connectivity index (χ3n) is 3.20. The summed E-state index contributed by atoms with van der Waals surface area (Å²) in [5, 5.41) is 1.75. The normalized spacial score (nSPS) is 28.2. The summed E-state index contributed by atoms with van der Waals surface area (Å²) in [4.78, 5) is 0. The zero-order chi connectivity index (χ0) is 11.4. The average molecular weight is 220 g/mol. The molecule has 0 saturated carbocycles. The largest absolute Gasteiger partial charge is 0.254 e. The monoisotopic (exact) mass is 220 g/mol. The van der Waals surface area contributed by atoms with Crippen LogP contribution in [-0.2, 0) is 0 Å². The van der Waals surface area contributed by atoms with Crippen molar-refractivity contribution in [1.29, 1.82) is 0 Å². The lowest BCUT2D eigenvalue weighted by molar-refractivity contribution is 0.0486. The number of hydrogen-bond donors (Lipinski definition) is 1. The van der Waals surface area contributed by atoms with Crippen molar-refractivity contribution >= 4 is 0 Å². The fraction of sp³-hybridized carbons (Fsp3) is 1.00. The van der Waals surface area contributed by atoms with E-state index in [4.69, 9.17) is 0 Å². The molecule has 2 nitrogen and oxygen atoms in total. The van der Waals surface area contributed by atoms with Crippen molar-refractivity contribution < 1.29 is 8.78 Å². The summed E-state index contributed by atoms with van der Waals surface area (Å²) in [5.41, 5.74) is 3.11. The highest BCUT2D eigenvalue weighted by Crippen LogP contribution is 2.27. The van der Waals surface area contributed by atoms with Gasteiger partial charge in [-0.3, -0.25) is 5.43 Å². The molecule has 1 fully saturated rings. The number of hydrazine groups is 1. The van der Waals surface area contributed by atoms with Gasteiger partial charge in [0.2, 0.25) is 0 Å². The van der Waals surface area contributed by atoms with Gasteiger partial charge in [-0.05, 0) is 18.3 Å². The Morgan fingerprint density at radius 1 is 1.40 bits per heavy atom. The number of nitrogens with zero attached hydrogens (tertiary/aromatic N) is 1. The van der Waals surface area contributed by atoms with Gasteiger partial charge < -0.3 is 0 Å². The van der Waals surface area contributed by atoms with E-state index in [1.165, 1.54) is 0 Å². The molecule has 0 radical (unpaired) electrons. The topological polar surface area (TPSA) is 15.3 Å². The number of alkyl halides is 2. The Kier molecular flexibility index (Phi) is 4.93. The van der Waals surface area contributed by atoms with Crippen LogP contribution in [0.25, 0.3) is 0 Å². The quantitative estimate of drug-likeness (QED) is 0.766. The molecule has 1 aliphatic rings. The molecule has 90 valence electrons. The van der Waals surface area contributed by atoms with Crippen LogP contribution in [0.3, 0.4) is 0 Å². The lowest BCUT2D eigenvalue weighted by atomic mass is 9.87. The molecule has 1 N–H and O–H groups in total. The summed E-state index contributed by atoms with van der Waals surface area (Å²) in [7, 11) is 0. The van der Waals surface area contributed by atoms with E-state index >= 15 is 0 Å². The maximum atomic E-state index is 12.3. The standard InChI is InChI=1S/C11H22F2N2/c1-4-5-10-9(8(2)3)6-14-15(10)7-11(12)13/h8-11,14H,4-7H2,1-3H3. The van der Waals surface area contributed by atoms with Gasteiger partial charge in [-0.15, -0.1) is 0 Å². The van der Waals surface area contributed by atoms with Gasteiger partial charge >= 0.3 is 0 Å². The van der Waals surface area contributed by atoms with Crippen LogP contribution in [0.15, 0.2) is 0 Å². The van der Waals surface area contributed by atoms with E-state index in [0.29, 0.717) is 11.8 Å². The SMILES string of the molecule is CCCC1C(C(C)C)CNN1CC(F)F. The molecule has 0 aromatic heterocycles. The molecule has 4 heteroatoms. The molecule has 0 aromatic rings. The van der Waals surface area contributed by atoms with Crippen molar-refractivity contribution in [2.45, 2.75) is 46.1 Å². The van der Waals surface area contributed by atoms with Crippen LogP contribution in [0.1, 0.15) is 33.6 Å². The minimum absolute atomic E-state index is 0.145. The van der Waals surface area contributed by atoms with Crippen molar-refractivity contribution in [3.8, 4) is 0 Å². The smallest absolute Gasteiger partial charge is 0.252 e. The molecular weight excluding hydrogens is 198 g/mol. The maximum Gasteiger partial charge on any atom is 0.252 e. The lowest BCUT2D eigenvalue weighted by Crippen LogP contribution is -2.41. The zero-order valence-electron chi connectivity index (χ0n) is 9.84. The predicted octanol–water partition coefficient (Wildman–Crippen LogP) is 2.51. The van der Waals surface area contributed by atoms with Gasteiger partial charge in [0, 0.05) is 12.6 Å². The van der Waals surface area contributed by atoms with Crippen LogP contribution >= 0.6 is 0 Å². The van der Waals surface area contributed by atoms with Crippen LogP contribution < -0.4 is 5.43 Å². The second kappa shape index (κ2) is 5.75. The minimum Gasteiger partial charge on any atom is -0.254 e. The molecule has 15 heavy (non-hydrogen) atoms. The second-order valence-electron chi connectivity index (χ2n) is 4.67. The zero-order valence-corrected chi connectivity index (χ0v) is 9.84. The van der Waals surface area contributed by atoms with E-state index in [9.17, 15) is 8.78 Å². The van der Waals surface area contributed by atoms with Crippen LogP contribution in [0.4, 0.5) is 8.78 Å². The second-order valence-corrected chi connectivity index (χ2v) is 4.67. The number of rotatable bonds is 5. The molecule has 0 bridgehead atoms. The van der Waals surface area contributed by atoms with Crippen molar-refractivity contribution in [3.63, 3.8) is 0 Å². The van der Waals surface area contributed by atoms with Crippen LogP contribution in [0.2, 0.25) is 0 Å². The van der Waals surface area contributed by atoms with E-state index in [-0.39, 0.29) is 12.6 Å². The lowest BCUT2D eigenvalue weighted by Gasteiger charge is -2.28. The van der Waals surface area contributed by atoms with E-state index in [2.05, 4.69) is 26.2 Å². The first kappa shape index (κ1) is 12.8. The van der Waals surface area contributed by atoms with Gasteiger partial charge in [0.1, 0.15) is 0 Å². The van der Waals surface area contributed by atoms with Crippen molar-refractivity contribution in [3.05, 3.63) is 0 Å². The summed E-state index contributed by atoms with van der Waals surface area (Å²) in [6, 6.07) is 0.281. The molecule has 2 unspecified atom stereocenters. The molecule has 1 rings (SSSR count). The fourth-order valence-corrected chi connectivity index (χ4v) is 2.40. The Balaban J connectivity index is 2.57.